The predicted octanol–water partition coefficient (Wildman–Crippen LogP) is 18.1. The first-order chi connectivity index (χ1) is 33.1. The molecule has 0 aliphatic rings. The summed E-state index contributed by atoms with van der Waals surface area (Å²) in [5, 5.41) is 0. The lowest BCUT2D eigenvalue weighted by molar-refractivity contribution is 0.866. The molecule has 10 aromatic carbocycles. The van der Waals surface area contributed by atoms with Gasteiger partial charge in [-0.05, 0) is 140 Å². The standard InChI is InChI=1S/C65H52N2/c1-48(2)49-28-34-55(35-29-49)65(57-38-32-51(33-39-57)53-42-46-63(47-43-53)67(60-24-14-6-15-25-60)61-26-16-7-17-27-61)64(54-18-8-3-9-19-54)56-36-30-50(31-37-56)52-40-44-62(45-41-52)66(58-20-10-4-11-21-58)59-22-12-5-13-23-59/h3-48H,1-2H3/b65-64-. The molecule has 0 radical (unpaired) electrons. The van der Waals surface area contributed by atoms with Crippen LogP contribution in [-0.2, 0) is 0 Å². The monoisotopic (exact) mass is 860 g/mol. The summed E-state index contributed by atoms with van der Waals surface area (Å²) in [6, 6.07) is 98.3. The molecule has 0 bridgehead atoms. The van der Waals surface area contributed by atoms with Crippen LogP contribution in [0.25, 0.3) is 33.4 Å². The van der Waals surface area contributed by atoms with Gasteiger partial charge in [0.1, 0.15) is 0 Å². The maximum Gasteiger partial charge on any atom is 0.0462 e. The summed E-state index contributed by atoms with van der Waals surface area (Å²) >= 11 is 0. The molecule has 0 fully saturated rings. The lowest BCUT2D eigenvalue weighted by Crippen LogP contribution is -2.09. The molecule has 0 spiro atoms. The lowest BCUT2D eigenvalue weighted by Gasteiger charge is -2.25. The van der Waals surface area contributed by atoms with E-state index in [9.17, 15) is 0 Å². The molecule has 0 saturated heterocycles. The molecular weight excluding hydrogens is 809 g/mol. The van der Waals surface area contributed by atoms with E-state index in [2.05, 4.69) is 297 Å². The predicted molar refractivity (Wildman–Crippen MR) is 285 cm³/mol. The second kappa shape index (κ2) is 19.7. The van der Waals surface area contributed by atoms with E-state index in [0.717, 1.165) is 45.3 Å². The van der Waals surface area contributed by atoms with Crippen LogP contribution < -0.4 is 9.80 Å². The van der Waals surface area contributed by atoms with Crippen molar-refractivity contribution in [3.8, 4) is 22.3 Å². The molecule has 2 nitrogen and oxygen atoms in total. The number of nitrogens with zero attached hydrogens (tertiary/aromatic N) is 2. The summed E-state index contributed by atoms with van der Waals surface area (Å²) in [6.45, 7) is 4.51. The molecule has 10 rings (SSSR count). The van der Waals surface area contributed by atoms with Crippen LogP contribution in [0.1, 0.15) is 47.6 Å². The Bertz CT molecular complexity index is 3080. The van der Waals surface area contributed by atoms with Gasteiger partial charge in [-0.25, -0.2) is 0 Å². The van der Waals surface area contributed by atoms with Gasteiger partial charge in [-0.2, -0.15) is 0 Å². The molecule has 0 aromatic heterocycles. The SMILES string of the molecule is CC(C)c1ccc(/C(=C(\c2ccccc2)c2ccc(-c3ccc(N(c4ccccc4)c4ccccc4)cc3)cc2)c2ccc(-c3ccc(N(c4ccccc4)c4ccccc4)cc3)cc2)cc1. The van der Waals surface area contributed by atoms with Gasteiger partial charge < -0.3 is 9.80 Å². The van der Waals surface area contributed by atoms with E-state index in [1.54, 1.807) is 0 Å². The molecule has 10 aromatic rings. The van der Waals surface area contributed by atoms with Crippen LogP contribution >= 0.6 is 0 Å². The molecule has 0 heterocycles. The maximum atomic E-state index is 2.30. The summed E-state index contributed by atoms with van der Waals surface area (Å²) in [4.78, 5) is 4.60. The molecule has 2 heteroatoms. The smallest absolute Gasteiger partial charge is 0.0462 e. The quantitative estimate of drug-likeness (QED) is 0.107. The average Bonchev–Trinajstić information content (AvgIpc) is 3.40. The summed E-state index contributed by atoms with van der Waals surface area (Å²) in [5.41, 5.74) is 19.8. The van der Waals surface area contributed by atoms with Crippen molar-refractivity contribution in [2.24, 2.45) is 0 Å². The van der Waals surface area contributed by atoms with Crippen molar-refractivity contribution in [3.05, 3.63) is 301 Å². The molecule has 0 saturated carbocycles. The fraction of sp³-hybridized carbons (Fsp3) is 0.0462. The molecule has 0 N–H and O–H groups in total. The molecule has 0 unspecified atom stereocenters. The highest BCUT2D eigenvalue weighted by Gasteiger charge is 2.19. The zero-order valence-corrected chi connectivity index (χ0v) is 38.0. The maximum absolute atomic E-state index is 2.30. The minimum Gasteiger partial charge on any atom is -0.311 e. The lowest BCUT2D eigenvalue weighted by atomic mass is 9.84. The van der Waals surface area contributed by atoms with Crippen molar-refractivity contribution < 1.29 is 0 Å². The van der Waals surface area contributed by atoms with Gasteiger partial charge in [0.05, 0.1) is 0 Å². The van der Waals surface area contributed by atoms with Crippen molar-refractivity contribution >= 4 is 45.3 Å². The summed E-state index contributed by atoms with van der Waals surface area (Å²) < 4.78 is 0. The van der Waals surface area contributed by atoms with E-state index in [0.29, 0.717) is 5.92 Å². The minimum absolute atomic E-state index is 0.439. The van der Waals surface area contributed by atoms with E-state index < -0.39 is 0 Å². The van der Waals surface area contributed by atoms with E-state index >= 15 is 0 Å². The van der Waals surface area contributed by atoms with Crippen LogP contribution in [0.2, 0.25) is 0 Å². The Morgan fingerprint density at radius 1 is 0.239 bits per heavy atom. The number of benzene rings is 10. The van der Waals surface area contributed by atoms with Gasteiger partial charge in [-0.1, -0.05) is 214 Å². The van der Waals surface area contributed by atoms with Crippen LogP contribution in [0.3, 0.4) is 0 Å². The van der Waals surface area contributed by atoms with E-state index in [1.165, 1.54) is 50.1 Å². The molecule has 322 valence electrons. The highest BCUT2D eigenvalue weighted by atomic mass is 15.1. The number of anilines is 6. The number of para-hydroxylation sites is 4. The topological polar surface area (TPSA) is 6.48 Å². The largest absolute Gasteiger partial charge is 0.311 e. The van der Waals surface area contributed by atoms with E-state index in [1.807, 2.05) is 0 Å². The molecule has 0 aliphatic carbocycles. The van der Waals surface area contributed by atoms with E-state index in [4.69, 9.17) is 0 Å². The second-order valence-corrected chi connectivity index (χ2v) is 17.2. The van der Waals surface area contributed by atoms with Gasteiger partial charge in [0.15, 0.2) is 0 Å². The van der Waals surface area contributed by atoms with Crippen LogP contribution in [0.15, 0.2) is 273 Å². The van der Waals surface area contributed by atoms with Gasteiger partial charge in [0.25, 0.3) is 0 Å². The first kappa shape index (κ1) is 42.5. The van der Waals surface area contributed by atoms with Gasteiger partial charge >= 0.3 is 0 Å². The molecule has 0 atom stereocenters. The number of hydrogen-bond donors (Lipinski definition) is 0. The van der Waals surface area contributed by atoms with Crippen LogP contribution in [-0.4, -0.2) is 0 Å². The number of hydrogen-bond acceptors (Lipinski definition) is 2. The Balaban J connectivity index is 1.01. The normalized spacial score (nSPS) is 11.5. The second-order valence-electron chi connectivity index (χ2n) is 17.2. The van der Waals surface area contributed by atoms with Gasteiger partial charge in [-0.15, -0.1) is 0 Å². The zero-order chi connectivity index (χ0) is 45.4. The molecule has 67 heavy (non-hydrogen) atoms. The Labute approximate surface area is 396 Å². The Kier molecular flexibility index (Phi) is 12.5. The minimum atomic E-state index is 0.439. The van der Waals surface area contributed by atoms with Crippen molar-refractivity contribution in [2.75, 3.05) is 9.80 Å². The van der Waals surface area contributed by atoms with Crippen molar-refractivity contribution in [1.29, 1.82) is 0 Å². The Morgan fingerprint density at radius 2 is 0.463 bits per heavy atom. The van der Waals surface area contributed by atoms with E-state index in [-0.39, 0.29) is 0 Å². The fourth-order valence-corrected chi connectivity index (χ4v) is 9.02. The average molecular weight is 861 g/mol. The third kappa shape index (κ3) is 9.38. The molecular formula is C65H52N2. The Morgan fingerprint density at radius 3 is 0.746 bits per heavy atom. The van der Waals surface area contributed by atoms with Crippen molar-refractivity contribution in [1.82, 2.24) is 0 Å². The van der Waals surface area contributed by atoms with Gasteiger partial charge in [0, 0.05) is 34.1 Å². The first-order valence-electron chi connectivity index (χ1n) is 23.2. The van der Waals surface area contributed by atoms with Crippen LogP contribution in [0, 0.1) is 0 Å². The fourth-order valence-electron chi connectivity index (χ4n) is 9.02. The van der Waals surface area contributed by atoms with Gasteiger partial charge in [0.2, 0.25) is 0 Å². The first-order valence-corrected chi connectivity index (χ1v) is 23.2. The Hall–Kier alpha value is -8.46. The number of rotatable bonds is 13. The molecule has 0 amide bonds. The third-order valence-electron chi connectivity index (χ3n) is 12.5. The highest BCUT2D eigenvalue weighted by Crippen LogP contribution is 2.41. The van der Waals surface area contributed by atoms with Crippen LogP contribution in [0.4, 0.5) is 34.1 Å². The van der Waals surface area contributed by atoms with Crippen molar-refractivity contribution in [3.63, 3.8) is 0 Å². The third-order valence-corrected chi connectivity index (χ3v) is 12.5. The van der Waals surface area contributed by atoms with Gasteiger partial charge in [-0.3, -0.25) is 0 Å². The summed E-state index contributed by atoms with van der Waals surface area (Å²) in [6.07, 6.45) is 0. The van der Waals surface area contributed by atoms with Crippen molar-refractivity contribution in [2.45, 2.75) is 19.8 Å². The highest BCUT2D eigenvalue weighted by molar-refractivity contribution is 6.05. The van der Waals surface area contributed by atoms with Crippen LogP contribution in [0.5, 0.6) is 0 Å². The molecule has 0 aliphatic heterocycles. The zero-order valence-electron chi connectivity index (χ0n) is 38.0. The summed E-state index contributed by atoms with van der Waals surface area (Å²) in [7, 11) is 0. The summed E-state index contributed by atoms with van der Waals surface area (Å²) in [5.74, 6) is 0.439.